The van der Waals surface area contributed by atoms with E-state index in [4.69, 9.17) is 14.2 Å². The fourth-order valence-electron chi connectivity index (χ4n) is 2.07. The first-order valence-corrected chi connectivity index (χ1v) is 8.50. The van der Waals surface area contributed by atoms with Gasteiger partial charge in [0, 0.05) is 12.3 Å². The Morgan fingerprint density at radius 1 is 1.11 bits per heavy atom. The van der Waals surface area contributed by atoms with Crippen LogP contribution in [0.4, 0.5) is 0 Å². The Bertz CT molecular complexity index is 754. The summed E-state index contributed by atoms with van der Waals surface area (Å²) < 4.78 is 15.9. The molecule has 7 nitrogen and oxygen atoms in total. The number of amides is 1. The number of ether oxygens (including phenoxy) is 3. The molecule has 0 saturated heterocycles. The molecule has 0 spiro atoms. The second-order valence-electron chi connectivity index (χ2n) is 6.77. The number of hydrogen-bond donors (Lipinski definition) is 1. The van der Waals surface area contributed by atoms with Crippen LogP contribution in [0.3, 0.4) is 0 Å². The SMILES string of the molecule is COC(=O)C(COC(C)(C)C)NC(=O)c1ccc(Oc2ccccc2)nc1. The lowest BCUT2D eigenvalue weighted by Crippen LogP contribution is -2.46. The van der Waals surface area contributed by atoms with Gasteiger partial charge < -0.3 is 19.5 Å². The summed E-state index contributed by atoms with van der Waals surface area (Å²) in [5, 5.41) is 2.61. The summed E-state index contributed by atoms with van der Waals surface area (Å²) in [6, 6.07) is 11.4. The van der Waals surface area contributed by atoms with Gasteiger partial charge in [-0.1, -0.05) is 18.2 Å². The van der Waals surface area contributed by atoms with E-state index in [1.165, 1.54) is 13.3 Å². The third-order valence-electron chi connectivity index (χ3n) is 3.44. The Labute approximate surface area is 158 Å². The summed E-state index contributed by atoms with van der Waals surface area (Å²) >= 11 is 0. The van der Waals surface area contributed by atoms with Crippen molar-refractivity contribution in [2.45, 2.75) is 32.4 Å². The highest BCUT2D eigenvalue weighted by atomic mass is 16.5. The Morgan fingerprint density at radius 3 is 2.37 bits per heavy atom. The van der Waals surface area contributed by atoms with E-state index in [1.807, 2.05) is 39.0 Å². The summed E-state index contributed by atoms with van der Waals surface area (Å²) in [7, 11) is 1.26. The van der Waals surface area contributed by atoms with Crippen LogP contribution in [0.5, 0.6) is 11.6 Å². The molecule has 0 aliphatic carbocycles. The third-order valence-corrected chi connectivity index (χ3v) is 3.44. The van der Waals surface area contributed by atoms with Crippen LogP contribution in [0, 0.1) is 0 Å². The Morgan fingerprint density at radius 2 is 1.81 bits per heavy atom. The van der Waals surface area contributed by atoms with Gasteiger partial charge in [-0.15, -0.1) is 0 Å². The summed E-state index contributed by atoms with van der Waals surface area (Å²) in [6.45, 7) is 5.58. The summed E-state index contributed by atoms with van der Waals surface area (Å²) in [6.07, 6.45) is 1.38. The molecule has 0 aliphatic rings. The van der Waals surface area contributed by atoms with Gasteiger partial charge in [0.2, 0.25) is 5.88 Å². The predicted octanol–water partition coefficient (Wildman–Crippen LogP) is 2.96. The molecule has 0 bridgehead atoms. The third kappa shape index (κ3) is 6.71. The number of nitrogens with one attached hydrogen (secondary N) is 1. The van der Waals surface area contributed by atoms with Crippen LogP contribution in [-0.2, 0) is 14.3 Å². The molecule has 1 aromatic carbocycles. The zero-order valence-electron chi connectivity index (χ0n) is 15.9. The van der Waals surface area contributed by atoms with Gasteiger partial charge in [0.05, 0.1) is 24.9 Å². The number of hydrogen-bond acceptors (Lipinski definition) is 6. The molecule has 1 N–H and O–H groups in total. The number of nitrogens with zero attached hydrogens (tertiary/aromatic N) is 1. The fourth-order valence-corrected chi connectivity index (χ4v) is 2.07. The number of esters is 1. The van der Waals surface area contributed by atoms with Crippen molar-refractivity contribution < 1.29 is 23.8 Å². The minimum absolute atomic E-state index is 0.00451. The summed E-state index contributed by atoms with van der Waals surface area (Å²) in [5.41, 5.74) is -0.158. The molecule has 27 heavy (non-hydrogen) atoms. The standard InChI is InChI=1S/C20H24N2O5/c1-20(2,3)26-13-16(19(24)25-4)22-18(23)14-10-11-17(21-12-14)27-15-8-6-5-7-9-15/h5-12,16H,13H2,1-4H3,(H,22,23). The number of para-hydroxylation sites is 1. The van der Waals surface area contributed by atoms with Crippen molar-refractivity contribution in [3.05, 3.63) is 54.2 Å². The highest BCUT2D eigenvalue weighted by Crippen LogP contribution is 2.18. The molecule has 0 fully saturated rings. The minimum atomic E-state index is -0.915. The number of carbonyl (C=O) groups excluding carboxylic acids is 2. The average molecular weight is 372 g/mol. The van der Waals surface area contributed by atoms with E-state index in [0.29, 0.717) is 17.2 Å². The van der Waals surface area contributed by atoms with Gasteiger partial charge in [-0.2, -0.15) is 0 Å². The maximum absolute atomic E-state index is 12.4. The first kappa shape index (κ1) is 20.4. The van der Waals surface area contributed by atoms with E-state index in [0.717, 1.165) is 0 Å². The summed E-state index contributed by atoms with van der Waals surface area (Å²) in [5.74, 6) is -0.0307. The van der Waals surface area contributed by atoms with Gasteiger partial charge in [-0.05, 0) is 39.0 Å². The first-order valence-electron chi connectivity index (χ1n) is 8.50. The van der Waals surface area contributed by atoms with Crippen LogP contribution in [0.15, 0.2) is 48.7 Å². The van der Waals surface area contributed by atoms with Crippen molar-refractivity contribution in [3.8, 4) is 11.6 Å². The van der Waals surface area contributed by atoms with Crippen LogP contribution in [-0.4, -0.2) is 42.2 Å². The quantitative estimate of drug-likeness (QED) is 0.752. The molecule has 0 saturated carbocycles. The van der Waals surface area contributed by atoms with Crippen LogP contribution in [0.25, 0.3) is 0 Å². The van der Waals surface area contributed by atoms with E-state index < -0.39 is 23.5 Å². The minimum Gasteiger partial charge on any atom is -0.467 e. The molecule has 1 atom stereocenters. The van der Waals surface area contributed by atoms with Gasteiger partial charge in [0.25, 0.3) is 5.91 Å². The van der Waals surface area contributed by atoms with Crippen molar-refractivity contribution in [1.82, 2.24) is 10.3 Å². The molecule has 1 aromatic heterocycles. The van der Waals surface area contributed by atoms with E-state index >= 15 is 0 Å². The molecule has 1 amide bonds. The number of rotatable bonds is 7. The van der Waals surface area contributed by atoms with Gasteiger partial charge in [-0.25, -0.2) is 9.78 Å². The van der Waals surface area contributed by atoms with Crippen LogP contribution < -0.4 is 10.1 Å². The lowest BCUT2D eigenvalue weighted by Gasteiger charge is -2.23. The van der Waals surface area contributed by atoms with Crippen molar-refractivity contribution in [1.29, 1.82) is 0 Å². The van der Waals surface area contributed by atoms with E-state index in [9.17, 15) is 9.59 Å². The smallest absolute Gasteiger partial charge is 0.330 e. The van der Waals surface area contributed by atoms with Gasteiger partial charge in [0.15, 0.2) is 6.04 Å². The lowest BCUT2D eigenvalue weighted by molar-refractivity contribution is -0.146. The Balaban J connectivity index is 2.01. The van der Waals surface area contributed by atoms with Crippen molar-refractivity contribution in [2.24, 2.45) is 0 Å². The molecule has 2 aromatic rings. The molecular weight excluding hydrogens is 348 g/mol. The topological polar surface area (TPSA) is 86.8 Å². The number of benzene rings is 1. The lowest BCUT2D eigenvalue weighted by atomic mass is 10.2. The number of aromatic nitrogens is 1. The second kappa shape index (κ2) is 9.14. The fraction of sp³-hybridized carbons (Fsp3) is 0.350. The largest absolute Gasteiger partial charge is 0.467 e. The maximum Gasteiger partial charge on any atom is 0.330 e. The highest BCUT2D eigenvalue weighted by molar-refractivity contribution is 5.96. The van der Waals surface area contributed by atoms with E-state index in [-0.39, 0.29) is 6.61 Å². The highest BCUT2D eigenvalue weighted by Gasteiger charge is 2.25. The average Bonchev–Trinajstić information content (AvgIpc) is 2.65. The van der Waals surface area contributed by atoms with Crippen LogP contribution in [0.1, 0.15) is 31.1 Å². The van der Waals surface area contributed by atoms with Crippen molar-refractivity contribution >= 4 is 11.9 Å². The maximum atomic E-state index is 12.4. The van der Waals surface area contributed by atoms with Gasteiger partial charge in [0.1, 0.15) is 5.75 Å². The second-order valence-corrected chi connectivity index (χ2v) is 6.77. The normalized spacial score (nSPS) is 12.1. The van der Waals surface area contributed by atoms with E-state index in [1.54, 1.807) is 24.3 Å². The van der Waals surface area contributed by atoms with Crippen LogP contribution >= 0.6 is 0 Å². The Kier molecular flexibility index (Phi) is 6.90. The molecule has 7 heteroatoms. The molecule has 1 unspecified atom stereocenters. The molecule has 144 valence electrons. The Hall–Kier alpha value is -2.93. The molecule has 1 heterocycles. The van der Waals surface area contributed by atoms with E-state index in [2.05, 4.69) is 10.3 Å². The molecular formula is C20H24N2O5. The van der Waals surface area contributed by atoms with Crippen molar-refractivity contribution in [2.75, 3.05) is 13.7 Å². The molecule has 0 radical (unpaired) electrons. The first-order chi connectivity index (χ1) is 12.8. The van der Waals surface area contributed by atoms with Gasteiger partial charge >= 0.3 is 5.97 Å². The predicted molar refractivity (Wildman–Crippen MR) is 99.7 cm³/mol. The summed E-state index contributed by atoms with van der Waals surface area (Å²) in [4.78, 5) is 28.4. The van der Waals surface area contributed by atoms with Crippen LogP contribution in [0.2, 0.25) is 0 Å². The zero-order chi connectivity index (χ0) is 19.9. The number of methoxy groups -OCH3 is 1. The monoisotopic (exact) mass is 372 g/mol. The van der Waals surface area contributed by atoms with Gasteiger partial charge in [-0.3, -0.25) is 4.79 Å². The molecule has 2 rings (SSSR count). The molecule has 0 aliphatic heterocycles. The zero-order valence-corrected chi connectivity index (χ0v) is 15.9. The number of pyridine rings is 1. The van der Waals surface area contributed by atoms with Crippen molar-refractivity contribution in [3.63, 3.8) is 0 Å². The number of carbonyl (C=O) groups is 2.